The van der Waals surface area contributed by atoms with E-state index < -0.39 is 5.91 Å². The molecule has 1 aromatic rings. The van der Waals surface area contributed by atoms with Gasteiger partial charge in [-0.1, -0.05) is 0 Å². The summed E-state index contributed by atoms with van der Waals surface area (Å²) in [4.78, 5) is 22.3. The van der Waals surface area contributed by atoms with Crippen molar-refractivity contribution < 1.29 is 9.59 Å². The lowest BCUT2D eigenvalue weighted by Gasteiger charge is -2.04. The SMILES string of the molecule is NC(=O)c1ccc(NC(=O)C2CC2N)cc1. The molecule has 2 amide bonds. The van der Waals surface area contributed by atoms with E-state index in [4.69, 9.17) is 11.5 Å². The number of hydrogen-bond acceptors (Lipinski definition) is 3. The van der Waals surface area contributed by atoms with Crippen molar-refractivity contribution in [3.8, 4) is 0 Å². The maximum atomic E-state index is 11.5. The molecule has 5 nitrogen and oxygen atoms in total. The number of hydrogen-bond donors (Lipinski definition) is 3. The van der Waals surface area contributed by atoms with Gasteiger partial charge in [0.15, 0.2) is 0 Å². The first-order chi connectivity index (χ1) is 7.58. The summed E-state index contributed by atoms with van der Waals surface area (Å²) < 4.78 is 0. The Balaban J connectivity index is 2.00. The number of amides is 2. The Kier molecular flexibility index (Phi) is 2.62. The number of carbonyl (C=O) groups is 2. The molecule has 0 spiro atoms. The van der Waals surface area contributed by atoms with Crippen LogP contribution in [-0.4, -0.2) is 17.9 Å². The highest BCUT2D eigenvalue weighted by Gasteiger charge is 2.39. The van der Waals surface area contributed by atoms with Gasteiger partial charge in [0.2, 0.25) is 11.8 Å². The van der Waals surface area contributed by atoms with Crippen molar-refractivity contribution in [2.75, 3.05) is 5.32 Å². The number of nitrogens with one attached hydrogen (secondary N) is 1. The molecule has 1 aliphatic rings. The van der Waals surface area contributed by atoms with Gasteiger partial charge in [0, 0.05) is 17.3 Å². The van der Waals surface area contributed by atoms with Crippen LogP contribution in [0, 0.1) is 5.92 Å². The van der Waals surface area contributed by atoms with Crippen LogP contribution >= 0.6 is 0 Å². The van der Waals surface area contributed by atoms with Crippen LogP contribution in [0.15, 0.2) is 24.3 Å². The van der Waals surface area contributed by atoms with Gasteiger partial charge >= 0.3 is 0 Å². The van der Waals surface area contributed by atoms with Crippen LogP contribution in [0.5, 0.6) is 0 Å². The van der Waals surface area contributed by atoms with Gasteiger partial charge in [0.1, 0.15) is 0 Å². The smallest absolute Gasteiger partial charge is 0.248 e. The van der Waals surface area contributed by atoms with E-state index in [9.17, 15) is 9.59 Å². The molecule has 0 radical (unpaired) electrons. The summed E-state index contributed by atoms with van der Waals surface area (Å²) in [5, 5.41) is 2.73. The minimum atomic E-state index is -0.484. The first kappa shape index (κ1) is 10.6. The normalized spacial score (nSPS) is 22.6. The molecule has 84 valence electrons. The van der Waals surface area contributed by atoms with Gasteiger partial charge in [-0.3, -0.25) is 9.59 Å². The summed E-state index contributed by atoms with van der Waals surface area (Å²) in [6.45, 7) is 0. The quantitative estimate of drug-likeness (QED) is 0.671. The molecule has 0 aliphatic heterocycles. The van der Waals surface area contributed by atoms with Crippen LogP contribution in [0.25, 0.3) is 0 Å². The van der Waals surface area contributed by atoms with Crippen molar-refractivity contribution in [3.63, 3.8) is 0 Å². The van der Waals surface area contributed by atoms with Gasteiger partial charge in [-0.05, 0) is 30.7 Å². The lowest BCUT2D eigenvalue weighted by Crippen LogP contribution is -2.18. The van der Waals surface area contributed by atoms with E-state index in [2.05, 4.69) is 5.32 Å². The second kappa shape index (κ2) is 3.94. The fourth-order valence-electron chi connectivity index (χ4n) is 1.47. The summed E-state index contributed by atoms with van der Waals surface area (Å²) in [7, 11) is 0. The Labute approximate surface area is 92.8 Å². The summed E-state index contributed by atoms with van der Waals surface area (Å²) >= 11 is 0. The second-order valence-electron chi connectivity index (χ2n) is 3.94. The van der Waals surface area contributed by atoms with Crippen molar-refractivity contribution in [2.24, 2.45) is 17.4 Å². The largest absolute Gasteiger partial charge is 0.366 e. The Bertz CT molecular complexity index is 427. The first-order valence-electron chi connectivity index (χ1n) is 5.04. The Morgan fingerprint density at radius 1 is 1.25 bits per heavy atom. The van der Waals surface area contributed by atoms with Crippen LogP contribution in [-0.2, 0) is 4.79 Å². The molecule has 0 saturated heterocycles. The predicted octanol–water partition coefficient (Wildman–Crippen LogP) is 0.0712. The predicted molar refractivity (Wildman–Crippen MR) is 59.7 cm³/mol. The standard InChI is InChI=1S/C11H13N3O2/c12-9-5-8(9)11(16)14-7-3-1-6(2-4-7)10(13)15/h1-4,8-9H,5,12H2,(H2,13,15)(H,14,16). The van der Waals surface area contributed by atoms with Gasteiger partial charge in [0.25, 0.3) is 0 Å². The molecule has 2 atom stereocenters. The van der Waals surface area contributed by atoms with Crippen LogP contribution < -0.4 is 16.8 Å². The number of benzene rings is 1. The van der Waals surface area contributed by atoms with Gasteiger partial charge in [0.05, 0.1) is 5.92 Å². The molecule has 0 heterocycles. The third-order valence-corrected chi connectivity index (χ3v) is 2.61. The van der Waals surface area contributed by atoms with Crippen LogP contribution in [0.3, 0.4) is 0 Å². The molecule has 1 aliphatic carbocycles. The molecule has 1 saturated carbocycles. The minimum Gasteiger partial charge on any atom is -0.366 e. The fraction of sp³-hybridized carbons (Fsp3) is 0.273. The summed E-state index contributed by atoms with van der Waals surface area (Å²) in [5.74, 6) is -0.628. The zero-order valence-corrected chi connectivity index (χ0v) is 8.64. The van der Waals surface area contributed by atoms with Gasteiger partial charge in [-0.25, -0.2) is 0 Å². The van der Waals surface area contributed by atoms with Gasteiger partial charge in [-0.2, -0.15) is 0 Å². The van der Waals surface area contributed by atoms with E-state index in [1.807, 2.05) is 0 Å². The topological polar surface area (TPSA) is 98.2 Å². The van der Waals surface area contributed by atoms with E-state index in [0.717, 1.165) is 6.42 Å². The van der Waals surface area contributed by atoms with Gasteiger partial charge in [-0.15, -0.1) is 0 Å². The van der Waals surface area contributed by atoms with Crippen LogP contribution in [0.2, 0.25) is 0 Å². The number of anilines is 1. The van der Waals surface area contributed by atoms with Crippen molar-refractivity contribution in [2.45, 2.75) is 12.5 Å². The lowest BCUT2D eigenvalue weighted by atomic mass is 10.2. The zero-order valence-electron chi connectivity index (χ0n) is 8.64. The molecule has 1 aromatic carbocycles. The number of nitrogens with two attached hydrogens (primary N) is 2. The Hall–Kier alpha value is -1.88. The molecule has 16 heavy (non-hydrogen) atoms. The molecule has 1 fully saturated rings. The summed E-state index contributed by atoms with van der Waals surface area (Å²) in [6.07, 6.45) is 0.741. The van der Waals surface area contributed by atoms with Crippen LogP contribution in [0.4, 0.5) is 5.69 Å². The summed E-state index contributed by atoms with van der Waals surface area (Å²) in [6, 6.07) is 6.43. The Morgan fingerprint density at radius 2 is 1.81 bits per heavy atom. The van der Waals surface area contributed by atoms with Crippen LogP contribution in [0.1, 0.15) is 16.8 Å². The Morgan fingerprint density at radius 3 is 2.25 bits per heavy atom. The van der Waals surface area contributed by atoms with E-state index in [1.54, 1.807) is 24.3 Å². The molecule has 2 unspecified atom stereocenters. The highest BCUT2D eigenvalue weighted by Crippen LogP contribution is 2.29. The lowest BCUT2D eigenvalue weighted by molar-refractivity contribution is -0.117. The average molecular weight is 219 g/mol. The molecule has 5 N–H and O–H groups in total. The monoisotopic (exact) mass is 219 g/mol. The third kappa shape index (κ3) is 2.20. The van der Waals surface area contributed by atoms with Crippen molar-refractivity contribution in [3.05, 3.63) is 29.8 Å². The second-order valence-corrected chi connectivity index (χ2v) is 3.94. The molecular weight excluding hydrogens is 206 g/mol. The first-order valence-corrected chi connectivity index (χ1v) is 5.04. The average Bonchev–Trinajstić information content (AvgIpc) is 2.96. The van der Waals surface area contributed by atoms with Gasteiger partial charge < -0.3 is 16.8 Å². The molecule has 2 rings (SSSR count). The third-order valence-electron chi connectivity index (χ3n) is 2.61. The zero-order chi connectivity index (χ0) is 11.7. The minimum absolute atomic E-state index is 0.00936. The van der Waals surface area contributed by atoms with E-state index in [1.165, 1.54) is 0 Å². The number of carbonyl (C=O) groups excluding carboxylic acids is 2. The van der Waals surface area contributed by atoms with Crippen molar-refractivity contribution >= 4 is 17.5 Å². The maximum Gasteiger partial charge on any atom is 0.248 e. The number of rotatable bonds is 3. The number of primary amides is 1. The highest BCUT2D eigenvalue weighted by molar-refractivity contribution is 5.96. The highest BCUT2D eigenvalue weighted by atomic mass is 16.2. The maximum absolute atomic E-state index is 11.5. The van der Waals surface area contributed by atoms with E-state index >= 15 is 0 Å². The van der Waals surface area contributed by atoms with Crippen molar-refractivity contribution in [1.82, 2.24) is 0 Å². The molecular formula is C11H13N3O2. The molecule has 0 aromatic heterocycles. The molecule has 5 heteroatoms. The summed E-state index contributed by atoms with van der Waals surface area (Å²) in [5.41, 5.74) is 11.7. The fourth-order valence-corrected chi connectivity index (χ4v) is 1.47. The van der Waals surface area contributed by atoms with E-state index in [0.29, 0.717) is 11.3 Å². The van der Waals surface area contributed by atoms with Crippen molar-refractivity contribution in [1.29, 1.82) is 0 Å². The van der Waals surface area contributed by atoms with E-state index in [-0.39, 0.29) is 17.9 Å². The molecule has 0 bridgehead atoms.